The molecule has 0 aliphatic carbocycles. The molecule has 2 N–H and O–H groups in total. The molecule has 0 saturated heterocycles. The van der Waals surface area contributed by atoms with Crippen LogP contribution in [0.3, 0.4) is 0 Å². The largest absolute Gasteiger partial charge is 0.484 e. The van der Waals surface area contributed by atoms with Crippen molar-refractivity contribution in [3.05, 3.63) is 41.7 Å². The third-order valence-electron chi connectivity index (χ3n) is 2.17. The molecule has 100 valence electrons. The molecule has 1 aromatic rings. The minimum absolute atomic E-state index is 0.100. The molecule has 6 heteroatoms. The Morgan fingerprint density at radius 2 is 1.83 bits per heavy atom. The average Bonchev–Trinajstić information content (AvgIpc) is 2.34. The summed E-state index contributed by atoms with van der Waals surface area (Å²) < 4.78 is 52.5. The van der Waals surface area contributed by atoms with Crippen molar-refractivity contribution in [1.82, 2.24) is 0 Å². The standard InChI is InChI=1S/C12H13F4NO/c13-6-10(7-17)5-9-1-3-11(4-2-9)18-8-12(14,15)16/h1-4,6H,5,7-8,17H2. The second-order valence-electron chi connectivity index (χ2n) is 3.70. The van der Waals surface area contributed by atoms with Gasteiger partial charge in [-0.3, -0.25) is 0 Å². The van der Waals surface area contributed by atoms with Gasteiger partial charge in [0.25, 0.3) is 0 Å². The van der Waals surface area contributed by atoms with Gasteiger partial charge >= 0.3 is 6.18 Å². The molecule has 0 heterocycles. The number of halogens is 4. The van der Waals surface area contributed by atoms with Crippen molar-refractivity contribution in [3.8, 4) is 5.75 Å². The molecule has 0 amide bonds. The fourth-order valence-corrected chi connectivity index (χ4v) is 1.29. The van der Waals surface area contributed by atoms with Gasteiger partial charge in [0.1, 0.15) is 5.75 Å². The van der Waals surface area contributed by atoms with Crippen molar-refractivity contribution in [2.75, 3.05) is 13.2 Å². The lowest BCUT2D eigenvalue weighted by Crippen LogP contribution is -2.19. The molecule has 2 nitrogen and oxygen atoms in total. The van der Waals surface area contributed by atoms with E-state index in [1.54, 1.807) is 12.1 Å². The van der Waals surface area contributed by atoms with Crippen LogP contribution in [0.1, 0.15) is 5.56 Å². The molecule has 0 bridgehead atoms. The Morgan fingerprint density at radius 3 is 2.28 bits per heavy atom. The smallest absolute Gasteiger partial charge is 0.422 e. The summed E-state index contributed by atoms with van der Waals surface area (Å²) in [5.74, 6) is 0.120. The van der Waals surface area contributed by atoms with Crippen molar-refractivity contribution in [3.63, 3.8) is 0 Å². The van der Waals surface area contributed by atoms with Crippen LogP contribution in [0.4, 0.5) is 17.6 Å². The highest BCUT2D eigenvalue weighted by Crippen LogP contribution is 2.19. The lowest BCUT2D eigenvalue weighted by Gasteiger charge is -2.09. The van der Waals surface area contributed by atoms with E-state index in [0.29, 0.717) is 18.3 Å². The first-order chi connectivity index (χ1) is 8.44. The molecule has 0 radical (unpaired) electrons. The summed E-state index contributed by atoms with van der Waals surface area (Å²) in [5, 5.41) is 0. The molecular formula is C12H13F4NO. The van der Waals surface area contributed by atoms with E-state index in [0.717, 1.165) is 5.56 Å². The minimum atomic E-state index is -4.36. The van der Waals surface area contributed by atoms with E-state index < -0.39 is 12.8 Å². The summed E-state index contributed by atoms with van der Waals surface area (Å²) >= 11 is 0. The first-order valence-electron chi connectivity index (χ1n) is 5.21. The van der Waals surface area contributed by atoms with Crippen molar-refractivity contribution in [1.29, 1.82) is 0 Å². The van der Waals surface area contributed by atoms with E-state index in [4.69, 9.17) is 5.73 Å². The highest BCUT2D eigenvalue weighted by molar-refractivity contribution is 5.30. The van der Waals surface area contributed by atoms with Gasteiger partial charge in [0, 0.05) is 6.54 Å². The molecule has 0 spiro atoms. The van der Waals surface area contributed by atoms with E-state index in [-0.39, 0.29) is 12.3 Å². The van der Waals surface area contributed by atoms with Crippen LogP contribution in [0.25, 0.3) is 0 Å². The summed E-state index contributed by atoms with van der Waals surface area (Å²) in [6.07, 6.45) is -3.59. The van der Waals surface area contributed by atoms with E-state index in [1.807, 2.05) is 0 Å². The number of benzene rings is 1. The monoisotopic (exact) mass is 263 g/mol. The van der Waals surface area contributed by atoms with Crippen molar-refractivity contribution in [2.24, 2.45) is 5.73 Å². The van der Waals surface area contributed by atoms with Gasteiger partial charge in [-0.05, 0) is 29.7 Å². The predicted molar refractivity (Wildman–Crippen MR) is 59.9 cm³/mol. The van der Waals surface area contributed by atoms with Crippen LogP contribution in [-0.4, -0.2) is 19.3 Å². The zero-order chi connectivity index (χ0) is 13.6. The molecule has 1 aromatic carbocycles. The topological polar surface area (TPSA) is 35.2 Å². The number of hydrogen-bond donors (Lipinski definition) is 1. The normalized spacial score (nSPS) is 12.6. The molecule has 0 atom stereocenters. The van der Waals surface area contributed by atoms with Crippen molar-refractivity contribution in [2.45, 2.75) is 12.6 Å². The van der Waals surface area contributed by atoms with Gasteiger partial charge in [-0.1, -0.05) is 12.1 Å². The highest BCUT2D eigenvalue weighted by atomic mass is 19.4. The maximum absolute atomic E-state index is 12.3. The molecule has 18 heavy (non-hydrogen) atoms. The Bertz CT molecular complexity index is 398. The van der Waals surface area contributed by atoms with Crippen LogP contribution in [0.15, 0.2) is 36.2 Å². The third-order valence-corrected chi connectivity index (χ3v) is 2.17. The molecule has 0 saturated carbocycles. The maximum Gasteiger partial charge on any atom is 0.422 e. The Hall–Kier alpha value is -1.56. The quantitative estimate of drug-likeness (QED) is 0.829. The van der Waals surface area contributed by atoms with E-state index in [2.05, 4.69) is 4.74 Å². The Balaban J connectivity index is 2.57. The lowest BCUT2D eigenvalue weighted by molar-refractivity contribution is -0.153. The summed E-state index contributed by atoms with van der Waals surface area (Å²) in [7, 11) is 0. The average molecular weight is 263 g/mol. The lowest BCUT2D eigenvalue weighted by atomic mass is 10.1. The minimum Gasteiger partial charge on any atom is -0.484 e. The second-order valence-corrected chi connectivity index (χ2v) is 3.70. The molecule has 0 unspecified atom stereocenters. The van der Waals surface area contributed by atoms with E-state index in [1.165, 1.54) is 12.1 Å². The summed E-state index contributed by atoms with van der Waals surface area (Å²) in [6, 6.07) is 5.97. The van der Waals surface area contributed by atoms with E-state index in [9.17, 15) is 17.6 Å². The van der Waals surface area contributed by atoms with E-state index >= 15 is 0 Å². The molecule has 0 aliphatic heterocycles. The molecule has 0 aliphatic rings. The van der Waals surface area contributed by atoms with Gasteiger partial charge in [-0.25, -0.2) is 4.39 Å². The van der Waals surface area contributed by atoms with Crippen LogP contribution >= 0.6 is 0 Å². The van der Waals surface area contributed by atoms with Crippen LogP contribution in [0.5, 0.6) is 5.75 Å². The van der Waals surface area contributed by atoms with Crippen LogP contribution < -0.4 is 10.5 Å². The van der Waals surface area contributed by atoms with Crippen LogP contribution in [0.2, 0.25) is 0 Å². The zero-order valence-corrected chi connectivity index (χ0v) is 9.51. The molecule has 1 rings (SSSR count). The van der Waals surface area contributed by atoms with Gasteiger partial charge in [0.15, 0.2) is 6.61 Å². The van der Waals surface area contributed by atoms with Gasteiger partial charge in [0.05, 0.1) is 6.33 Å². The fraction of sp³-hybridized carbons (Fsp3) is 0.333. The van der Waals surface area contributed by atoms with Crippen molar-refractivity contribution < 1.29 is 22.3 Å². The van der Waals surface area contributed by atoms with Gasteiger partial charge in [0.2, 0.25) is 0 Å². The molecular weight excluding hydrogens is 250 g/mol. The summed E-state index contributed by atoms with van der Waals surface area (Å²) in [4.78, 5) is 0. The summed E-state index contributed by atoms with van der Waals surface area (Å²) in [6.45, 7) is -1.23. The highest BCUT2D eigenvalue weighted by Gasteiger charge is 2.28. The maximum atomic E-state index is 12.3. The Kier molecular flexibility index (Phi) is 5.15. The summed E-state index contributed by atoms with van der Waals surface area (Å²) in [5.41, 5.74) is 6.47. The zero-order valence-electron chi connectivity index (χ0n) is 9.51. The number of hydrogen-bond acceptors (Lipinski definition) is 2. The first kappa shape index (κ1) is 14.5. The number of rotatable bonds is 5. The SMILES string of the molecule is NCC(=CF)Cc1ccc(OCC(F)(F)F)cc1. The fourth-order valence-electron chi connectivity index (χ4n) is 1.29. The van der Waals surface area contributed by atoms with Gasteiger partial charge in [-0.2, -0.15) is 13.2 Å². The van der Waals surface area contributed by atoms with Crippen LogP contribution in [0, 0.1) is 0 Å². The Morgan fingerprint density at radius 1 is 1.22 bits per heavy atom. The van der Waals surface area contributed by atoms with Crippen LogP contribution in [-0.2, 0) is 6.42 Å². The Labute approximate surface area is 102 Å². The third kappa shape index (κ3) is 5.18. The number of nitrogens with two attached hydrogens (primary N) is 1. The molecule has 0 aromatic heterocycles. The van der Waals surface area contributed by atoms with Gasteiger partial charge < -0.3 is 10.5 Å². The second kappa shape index (κ2) is 6.39. The van der Waals surface area contributed by atoms with Gasteiger partial charge in [-0.15, -0.1) is 0 Å². The van der Waals surface area contributed by atoms with Crippen molar-refractivity contribution >= 4 is 0 Å². The number of ether oxygens (including phenoxy) is 1. The first-order valence-corrected chi connectivity index (χ1v) is 5.21. The predicted octanol–water partition coefficient (Wildman–Crippen LogP) is 2.98. The number of alkyl halides is 3. The molecule has 0 fully saturated rings.